The summed E-state index contributed by atoms with van der Waals surface area (Å²) in [7, 11) is 0. The Balaban J connectivity index is 1.55. The first kappa shape index (κ1) is 38.2. The third kappa shape index (κ3) is 7.73. The fourth-order valence-corrected chi connectivity index (χ4v) is 5.98. The van der Waals surface area contributed by atoms with Crippen LogP contribution in [-0.4, -0.2) is 48.4 Å². The summed E-state index contributed by atoms with van der Waals surface area (Å²) in [6, 6.07) is 16.0. The molecule has 3 aromatic carbocycles. The molecule has 3 aromatic rings. The maximum Gasteiger partial charge on any atom is 0.430 e. The third-order valence-corrected chi connectivity index (χ3v) is 8.48. The molecule has 1 saturated heterocycles. The van der Waals surface area contributed by atoms with Crippen LogP contribution in [0.2, 0.25) is 0 Å². The van der Waals surface area contributed by atoms with Crippen molar-refractivity contribution in [2.75, 3.05) is 13.2 Å². The normalized spacial score (nSPS) is 16.9. The van der Waals surface area contributed by atoms with E-state index < -0.39 is 40.9 Å². The molecule has 1 aliphatic rings. The number of unbranched alkanes of at least 4 members (excludes halogenated alkanes) is 1. The molecule has 0 bridgehead atoms. The number of alkyl halides is 6. The van der Waals surface area contributed by atoms with Gasteiger partial charge in [0.2, 0.25) is 0 Å². The van der Waals surface area contributed by atoms with Crippen LogP contribution in [0, 0.1) is 4.91 Å². The van der Waals surface area contributed by atoms with E-state index in [4.69, 9.17) is 9.47 Å². The molecule has 4 rings (SSSR count). The highest BCUT2D eigenvalue weighted by Crippen LogP contribution is 2.54. The SMILES string of the molecule is CCCc1cc(C(N=O)(C(F)(F)F)C(F)(F)F)cc(Cc2ccccc2)c1OCCCCN1C(=O)NC(C)(c2ccc(OC(C)C)cc2)C1=O. The number of carbonyl (C=O) groups is 2. The van der Waals surface area contributed by atoms with Crippen LogP contribution < -0.4 is 14.8 Å². The molecule has 1 unspecified atom stereocenters. The number of ether oxygens (including phenoxy) is 2. The highest BCUT2D eigenvalue weighted by molar-refractivity contribution is 6.07. The average Bonchev–Trinajstić information content (AvgIpc) is 3.25. The molecule has 1 fully saturated rings. The maximum absolute atomic E-state index is 14.1. The number of nitrogens with one attached hydrogen (secondary N) is 1. The van der Waals surface area contributed by atoms with Gasteiger partial charge in [0.15, 0.2) is 0 Å². The van der Waals surface area contributed by atoms with Crippen molar-refractivity contribution in [3.63, 3.8) is 0 Å². The van der Waals surface area contributed by atoms with Crippen molar-refractivity contribution in [2.24, 2.45) is 5.18 Å². The Morgan fingerprint density at radius 2 is 1.52 bits per heavy atom. The van der Waals surface area contributed by atoms with Crippen molar-refractivity contribution in [1.82, 2.24) is 10.2 Å². The highest BCUT2D eigenvalue weighted by atomic mass is 19.4. The molecule has 8 nitrogen and oxygen atoms in total. The first-order valence-electron chi connectivity index (χ1n) is 16.2. The number of imide groups is 1. The first-order valence-corrected chi connectivity index (χ1v) is 16.2. The van der Waals surface area contributed by atoms with Gasteiger partial charge in [-0.3, -0.25) is 9.69 Å². The Hall–Kier alpha value is -4.62. The van der Waals surface area contributed by atoms with Gasteiger partial charge in [0.05, 0.1) is 12.7 Å². The van der Waals surface area contributed by atoms with Crippen LogP contribution in [0.5, 0.6) is 11.5 Å². The van der Waals surface area contributed by atoms with E-state index in [2.05, 4.69) is 5.32 Å². The third-order valence-electron chi connectivity index (χ3n) is 8.48. The van der Waals surface area contributed by atoms with Crippen LogP contribution in [0.15, 0.2) is 71.9 Å². The summed E-state index contributed by atoms with van der Waals surface area (Å²) in [5.41, 5.74) is -6.37. The number of urea groups is 1. The molecule has 270 valence electrons. The summed E-state index contributed by atoms with van der Waals surface area (Å²) in [6.07, 6.45) is -11.3. The number of amides is 3. The summed E-state index contributed by atoms with van der Waals surface area (Å²) >= 11 is 0. The number of nitrogens with zero attached hydrogens (tertiary/aromatic N) is 2. The molecule has 1 atom stereocenters. The minimum absolute atomic E-state index is 0.0216. The number of rotatable bonds is 15. The number of benzene rings is 3. The van der Waals surface area contributed by atoms with Gasteiger partial charge in [-0.05, 0) is 91.7 Å². The minimum atomic E-state index is -6.07. The molecule has 50 heavy (non-hydrogen) atoms. The van der Waals surface area contributed by atoms with Gasteiger partial charge in [0, 0.05) is 18.5 Å². The molecular weight excluding hydrogens is 668 g/mol. The summed E-state index contributed by atoms with van der Waals surface area (Å²) in [5, 5.41) is 4.42. The molecule has 1 aliphatic heterocycles. The van der Waals surface area contributed by atoms with Gasteiger partial charge in [-0.25, -0.2) is 4.79 Å². The molecule has 0 saturated carbocycles. The van der Waals surface area contributed by atoms with Crippen molar-refractivity contribution < 1.29 is 45.4 Å². The van der Waals surface area contributed by atoms with Crippen molar-refractivity contribution in [1.29, 1.82) is 0 Å². The fourth-order valence-electron chi connectivity index (χ4n) is 5.98. The molecule has 0 radical (unpaired) electrons. The number of hydrogen-bond acceptors (Lipinski definition) is 6. The van der Waals surface area contributed by atoms with Crippen LogP contribution in [0.1, 0.15) is 74.8 Å². The Bertz CT molecular complexity index is 1650. The first-order chi connectivity index (χ1) is 23.5. The van der Waals surface area contributed by atoms with Gasteiger partial charge in [-0.15, -0.1) is 4.91 Å². The maximum atomic E-state index is 14.1. The van der Waals surface area contributed by atoms with Gasteiger partial charge < -0.3 is 14.8 Å². The van der Waals surface area contributed by atoms with E-state index in [1.807, 2.05) is 13.8 Å². The molecule has 0 spiro atoms. The van der Waals surface area contributed by atoms with E-state index in [1.54, 1.807) is 73.6 Å². The van der Waals surface area contributed by atoms with Gasteiger partial charge >= 0.3 is 23.9 Å². The smallest absolute Gasteiger partial charge is 0.430 e. The van der Waals surface area contributed by atoms with Crippen LogP contribution in [0.4, 0.5) is 31.1 Å². The average molecular weight is 708 g/mol. The topological polar surface area (TPSA) is 97.3 Å². The Morgan fingerprint density at radius 3 is 2.08 bits per heavy atom. The summed E-state index contributed by atoms with van der Waals surface area (Å²) in [4.78, 5) is 38.8. The predicted octanol–water partition coefficient (Wildman–Crippen LogP) is 8.73. The van der Waals surface area contributed by atoms with Crippen LogP contribution in [0.3, 0.4) is 0 Å². The van der Waals surface area contributed by atoms with Crippen LogP contribution >= 0.6 is 0 Å². The molecule has 1 N–H and O–H groups in total. The number of nitroso groups, excluding NO2 is 1. The second kappa shape index (κ2) is 15.1. The zero-order chi connectivity index (χ0) is 36.9. The van der Waals surface area contributed by atoms with Crippen molar-refractivity contribution in [3.05, 3.63) is 99.5 Å². The molecule has 3 amide bonds. The Kier molecular flexibility index (Phi) is 11.5. The number of halogens is 6. The molecule has 14 heteroatoms. The fraction of sp³-hybridized carbons (Fsp3) is 0.444. The second-order valence-corrected chi connectivity index (χ2v) is 12.6. The summed E-state index contributed by atoms with van der Waals surface area (Å²) < 4.78 is 96.3. The largest absolute Gasteiger partial charge is 0.493 e. The van der Waals surface area contributed by atoms with Gasteiger partial charge in [0.1, 0.15) is 17.0 Å². The molecular formula is C36H39F6N3O5. The van der Waals surface area contributed by atoms with E-state index in [1.165, 1.54) is 0 Å². The quantitative estimate of drug-likeness (QED) is 0.0738. The van der Waals surface area contributed by atoms with Gasteiger partial charge in [-0.1, -0.05) is 55.8 Å². The van der Waals surface area contributed by atoms with Gasteiger partial charge in [0.25, 0.3) is 5.91 Å². The van der Waals surface area contributed by atoms with E-state index in [0.717, 1.165) is 4.90 Å². The van der Waals surface area contributed by atoms with Crippen molar-refractivity contribution in [3.8, 4) is 11.5 Å². The standard InChI is InChI=1S/C36H39F6N3O5/c1-5-11-25-21-28(34(44-48,35(37,38)39)36(40,41)42)22-26(20-24-12-7-6-8-13-24)30(25)49-19-10-9-18-45-31(46)33(4,43-32(45)47)27-14-16-29(17-15-27)50-23(2)3/h6-8,12-17,21-23H,5,9-11,18-20H2,1-4H3,(H,43,47). The van der Waals surface area contributed by atoms with Crippen molar-refractivity contribution in [2.45, 2.75) is 89.3 Å². The van der Waals surface area contributed by atoms with Crippen molar-refractivity contribution >= 4 is 11.9 Å². The monoisotopic (exact) mass is 707 g/mol. The Labute approximate surface area is 286 Å². The number of aryl methyl sites for hydroxylation is 1. The number of carbonyl (C=O) groups excluding carboxylic acids is 2. The van der Waals surface area contributed by atoms with E-state index in [0.29, 0.717) is 41.9 Å². The molecule has 0 aliphatic carbocycles. The van der Waals surface area contributed by atoms with Crippen LogP contribution in [0.25, 0.3) is 0 Å². The van der Waals surface area contributed by atoms with E-state index in [-0.39, 0.29) is 55.4 Å². The minimum Gasteiger partial charge on any atom is -0.493 e. The lowest BCUT2D eigenvalue weighted by Gasteiger charge is -2.32. The van der Waals surface area contributed by atoms with E-state index >= 15 is 0 Å². The van der Waals surface area contributed by atoms with E-state index in [9.17, 15) is 40.8 Å². The second-order valence-electron chi connectivity index (χ2n) is 12.6. The zero-order valence-corrected chi connectivity index (χ0v) is 28.1. The summed E-state index contributed by atoms with van der Waals surface area (Å²) in [5.74, 6) is 0.273. The lowest BCUT2D eigenvalue weighted by molar-refractivity contribution is -0.301. The zero-order valence-electron chi connectivity index (χ0n) is 28.1. The molecule has 1 heterocycles. The van der Waals surface area contributed by atoms with Crippen LogP contribution in [-0.2, 0) is 28.7 Å². The molecule has 0 aromatic heterocycles. The lowest BCUT2D eigenvalue weighted by Crippen LogP contribution is -2.52. The highest BCUT2D eigenvalue weighted by Gasteiger charge is 2.74. The van der Waals surface area contributed by atoms with Gasteiger partial charge in [-0.2, -0.15) is 26.3 Å². The predicted molar refractivity (Wildman–Crippen MR) is 174 cm³/mol. The number of hydrogen-bond donors (Lipinski definition) is 1. The lowest BCUT2D eigenvalue weighted by atomic mass is 9.84. The Morgan fingerprint density at radius 1 is 0.900 bits per heavy atom. The summed E-state index contributed by atoms with van der Waals surface area (Å²) in [6.45, 7) is 7.09.